The van der Waals surface area contributed by atoms with E-state index >= 15 is 0 Å². The first-order valence-electron chi connectivity index (χ1n) is 10.5. The van der Waals surface area contributed by atoms with Crippen molar-refractivity contribution in [2.24, 2.45) is 0 Å². The predicted octanol–water partition coefficient (Wildman–Crippen LogP) is 2.28. The highest BCUT2D eigenvalue weighted by Gasteiger charge is 2.25. The van der Waals surface area contributed by atoms with Crippen molar-refractivity contribution < 1.29 is 27.5 Å². The lowest BCUT2D eigenvalue weighted by Crippen LogP contribution is -2.41. The number of ether oxygens (including phenoxy) is 2. The van der Waals surface area contributed by atoms with Gasteiger partial charge in [0.05, 0.1) is 24.2 Å². The predicted molar refractivity (Wildman–Crippen MR) is 118 cm³/mol. The number of fused-ring (bicyclic) bond motifs is 1. The molecule has 0 aromatic heterocycles. The van der Waals surface area contributed by atoms with Crippen molar-refractivity contribution in [2.75, 3.05) is 30.0 Å². The van der Waals surface area contributed by atoms with Crippen LogP contribution in [0.4, 0.5) is 11.4 Å². The highest BCUT2D eigenvalue weighted by atomic mass is 32.2. The number of rotatable bonds is 6. The number of anilines is 2. The molecule has 10 heteroatoms. The summed E-state index contributed by atoms with van der Waals surface area (Å²) >= 11 is 0. The molecule has 0 unspecified atom stereocenters. The average Bonchev–Trinajstić information content (AvgIpc) is 3.05. The maximum atomic E-state index is 12.8. The largest absolute Gasteiger partial charge is 0.490 e. The minimum Gasteiger partial charge on any atom is -0.490 e. The third kappa shape index (κ3) is 4.86. The Morgan fingerprint density at radius 2 is 1.75 bits per heavy atom. The van der Waals surface area contributed by atoms with Gasteiger partial charge in [0, 0.05) is 36.8 Å². The van der Waals surface area contributed by atoms with Crippen LogP contribution in [0.5, 0.6) is 11.5 Å². The first kappa shape index (κ1) is 22.1. The number of benzene rings is 2. The minimum absolute atomic E-state index is 0.0129. The number of hydrogen-bond acceptors (Lipinski definition) is 6. The number of amides is 2. The highest BCUT2D eigenvalue weighted by Crippen LogP contribution is 2.32. The van der Waals surface area contributed by atoms with Crippen LogP contribution in [0.2, 0.25) is 0 Å². The van der Waals surface area contributed by atoms with Gasteiger partial charge in [-0.15, -0.1) is 0 Å². The van der Waals surface area contributed by atoms with Gasteiger partial charge in [-0.25, -0.2) is 8.42 Å². The lowest BCUT2D eigenvalue weighted by atomic mass is 10.2. The van der Waals surface area contributed by atoms with E-state index in [0.29, 0.717) is 49.8 Å². The van der Waals surface area contributed by atoms with Crippen molar-refractivity contribution >= 4 is 33.2 Å². The second-order valence-corrected chi connectivity index (χ2v) is 9.40. The summed E-state index contributed by atoms with van der Waals surface area (Å²) in [6.07, 6.45) is 2.08. The Labute approximate surface area is 186 Å². The Morgan fingerprint density at radius 1 is 1.03 bits per heavy atom. The van der Waals surface area contributed by atoms with Crippen molar-refractivity contribution in [1.29, 1.82) is 0 Å². The number of hydrogen-bond donors (Lipinski definition) is 2. The van der Waals surface area contributed by atoms with Crippen molar-refractivity contribution in [2.45, 2.75) is 37.1 Å². The van der Waals surface area contributed by atoms with Crippen molar-refractivity contribution in [3.05, 3.63) is 42.5 Å². The quantitative estimate of drug-likeness (QED) is 0.685. The van der Waals surface area contributed by atoms with Crippen LogP contribution >= 0.6 is 0 Å². The first-order chi connectivity index (χ1) is 15.3. The fourth-order valence-corrected chi connectivity index (χ4v) is 4.78. The molecule has 2 heterocycles. The van der Waals surface area contributed by atoms with E-state index in [4.69, 9.17) is 9.47 Å². The molecule has 2 amide bonds. The number of carbonyl (C=O) groups excluding carboxylic acids is 2. The Kier molecular flexibility index (Phi) is 6.33. The lowest BCUT2D eigenvalue weighted by molar-refractivity contribution is -0.118. The molecule has 0 spiro atoms. The Morgan fingerprint density at radius 3 is 2.44 bits per heavy atom. The molecule has 0 aliphatic carbocycles. The zero-order valence-electron chi connectivity index (χ0n) is 17.7. The molecule has 2 aromatic rings. The van der Waals surface area contributed by atoms with Gasteiger partial charge in [-0.3, -0.25) is 9.59 Å². The van der Waals surface area contributed by atoms with Gasteiger partial charge >= 0.3 is 0 Å². The SMILES string of the molecule is C[C@H](NS(=O)(=O)c1ccc2c(c1)OCCCO2)C(=O)Nc1ccc(N2CCCC2=O)cc1. The molecule has 0 bridgehead atoms. The van der Waals surface area contributed by atoms with Crippen LogP contribution in [0.3, 0.4) is 0 Å². The molecule has 2 aromatic carbocycles. The van der Waals surface area contributed by atoms with Crippen LogP contribution in [0.1, 0.15) is 26.2 Å². The molecule has 2 aliphatic rings. The molecular formula is C22H25N3O6S. The standard InChI is InChI=1S/C22H25N3O6S/c1-15(22(27)23-16-5-7-17(8-6-16)25-11-2-4-21(25)26)24-32(28,29)18-9-10-19-20(14-18)31-13-3-12-30-19/h5-10,14-15,24H,2-4,11-13H2,1H3,(H,23,27)/t15-/m0/s1. The van der Waals surface area contributed by atoms with E-state index in [9.17, 15) is 18.0 Å². The van der Waals surface area contributed by atoms with Gasteiger partial charge in [0.2, 0.25) is 21.8 Å². The van der Waals surface area contributed by atoms with Crippen LogP contribution in [0.15, 0.2) is 47.4 Å². The monoisotopic (exact) mass is 459 g/mol. The third-order valence-electron chi connectivity index (χ3n) is 5.27. The smallest absolute Gasteiger partial charge is 0.242 e. The van der Waals surface area contributed by atoms with Gasteiger partial charge in [-0.1, -0.05) is 0 Å². The molecule has 1 atom stereocenters. The fourth-order valence-electron chi connectivity index (χ4n) is 3.56. The van der Waals surface area contributed by atoms with Gasteiger partial charge in [0.1, 0.15) is 0 Å². The van der Waals surface area contributed by atoms with E-state index in [2.05, 4.69) is 10.0 Å². The number of carbonyl (C=O) groups is 2. The molecule has 170 valence electrons. The fraction of sp³-hybridized carbons (Fsp3) is 0.364. The summed E-state index contributed by atoms with van der Waals surface area (Å²) in [4.78, 5) is 26.1. The van der Waals surface area contributed by atoms with Gasteiger partial charge in [0.25, 0.3) is 0 Å². The summed E-state index contributed by atoms with van der Waals surface area (Å²) in [5.41, 5.74) is 1.28. The molecule has 1 saturated heterocycles. The van der Waals surface area contributed by atoms with Gasteiger partial charge in [0.15, 0.2) is 11.5 Å². The van der Waals surface area contributed by atoms with Crippen LogP contribution in [0, 0.1) is 0 Å². The average molecular weight is 460 g/mol. The van der Waals surface area contributed by atoms with Gasteiger partial charge < -0.3 is 19.7 Å². The van der Waals surface area contributed by atoms with Crippen molar-refractivity contribution in [3.63, 3.8) is 0 Å². The highest BCUT2D eigenvalue weighted by molar-refractivity contribution is 7.89. The summed E-state index contributed by atoms with van der Waals surface area (Å²) < 4.78 is 39.0. The molecule has 32 heavy (non-hydrogen) atoms. The summed E-state index contributed by atoms with van der Waals surface area (Å²) in [5.74, 6) is 0.429. The van der Waals surface area contributed by atoms with E-state index < -0.39 is 22.0 Å². The van der Waals surface area contributed by atoms with E-state index in [1.54, 1.807) is 35.2 Å². The summed E-state index contributed by atoms with van der Waals surface area (Å²) in [5, 5.41) is 2.69. The van der Waals surface area contributed by atoms with Crippen molar-refractivity contribution in [1.82, 2.24) is 4.72 Å². The van der Waals surface area contributed by atoms with E-state index in [-0.39, 0.29) is 10.8 Å². The first-order valence-corrected chi connectivity index (χ1v) is 11.9. The number of sulfonamides is 1. The zero-order chi connectivity index (χ0) is 22.7. The Hall–Kier alpha value is -3.11. The number of nitrogens with zero attached hydrogens (tertiary/aromatic N) is 1. The second-order valence-electron chi connectivity index (χ2n) is 7.69. The Bertz CT molecular complexity index is 1120. The molecule has 1 fully saturated rings. The topological polar surface area (TPSA) is 114 Å². The van der Waals surface area contributed by atoms with Crippen LogP contribution in [-0.4, -0.2) is 46.0 Å². The zero-order valence-corrected chi connectivity index (χ0v) is 18.5. The second kappa shape index (κ2) is 9.17. The summed E-state index contributed by atoms with van der Waals surface area (Å²) in [6, 6.07) is 10.2. The molecule has 2 aliphatic heterocycles. The summed E-state index contributed by atoms with van der Waals surface area (Å²) in [6.45, 7) is 3.09. The maximum Gasteiger partial charge on any atom is 0.242 e. The van der Waals surface area contributed by atoms with Crippen molar-refractivity contribution in [3.8, 4) is 11.5 Å². The summed E-state index contributed by atoms with van der Waals surface area (Å²) in [7, 11) is -3.96. The van der Waals surface area contributed by atoms with E-state index in [1.807, 2.05) is 0 Å². The molecule has 9 nitrogen and oxygen atoms in total. The Balaban J connectivity index is 1.39. The molecule has 2 N–H and O–H groups in total. The van der Waals surface area contributed by atoms with Gasteiger partial charge in [-0.05, 0) is 49.7 Å². The van der Waals surface area contributed by atoms with Gasteiger partial charge in [-0.2, -0.15) is 4.72 Å². The third-order valence-corrected chi connectivity index (χ3v) is 6.81. The molecular weight excluding hydrogens is 434 g/mol. The molecule has 0 saturated carbocycles. The lowest BCUT2D eigenvalue weighted by Gasteiger charge is -2.17. The normalized spacial score (nSPS) is 17.0. The van der Waals surface area contributed by atoms with E-state index in [1.165, 1.54) is 19.1 Å². The van der Waals surface area contributed by atoms with Crippen LogP contribution < -0.4 is 24.4 Å². The molecule has 0 radical (unpaired) electrons. The van der Waals surface area contributed by atoms with Crippen LogP contribution in [0.25, 0.3) is 0 Å². The molecule has 4 rings (SSSR count). The number of nitrogens with one attached hydrogen (secondary N) is 2. The maximum absolute atomic E-state index is 12.8. The van der Waals surface area contributed by atoms with E-state index in [0.717, 1.165) is 12.1 Å². The minimum atomic E-state index is -3.96. The van der Waals surface area contributed by atoms with Crippen LogP contribution in [-0.2, 0) is 19.6 Å².